The van der Waals surface area contributed by atoms with Gasteiger partial charge >= 0.3 is 5.97 Å². The minimum Gasteiger partial charge on any atom is -0.461 e. The van der Waals surface area contributed by atoms with Crippen molar-refractivity contribution in [2.75, 3.05) is 6.54 Å². The normalized spacial score (nSPS) is 11.9. The van der Waals surface area contributed by atoms with Gasteiger partial charge in [-0.1, -0.05) is 0 Å². The predicted molar refractivity (Wildman–Crippen MR) is 39.9 cm³/mol. The molecule has 0 bridgehead atoms. The van der Waals surface area contributed by atoms with Gasteiger partial charge in [-0.15, -0.1) is 0 Å². The van der Waals surface area contributed by atoms with Gasteiger partial charge in [-0.05, 0) is 6.92 Å². The van der Waals surface area contributed by atoms with Crippen molar-refractivity contribution in [3.8, 4) is 0 Å². The second-order valence-electron chi connectivity index (χ2n) is 2.36. The average Bonchev–Trinajstić information content (AvgIpc) is 1.82. The van der Waals surface area contributed by atoms with E-state index in [2.05, 4.69) is 5.32 Å². The van der Waals surface area contributed by atoms with Gasteiger partial charge in [0, 0.05) is 13.8 Å². The van der Waals surface area contributed by atoms with E-state index < -0.39 is 0 Å². The number of rotatable bonds is 3. The van der Waals surface area contributed by atoms with Gasteiger partial charge in [0.2, 0.25) is 5.91 Å². The molecule has 0 aliphatic rings. The van der Waals surface area contributed by atoms with E-state index in [4.69, 9.17) is 4.74 Å². The third-order valence-electron chi connectivity index (χ3n) is 1.01. The summed E-state index contributed by atoms with van der Waals surface area (Å²) in [6.07, 6.45) is -0.253. The molecule has 1 amide bonds. The average molecular weight is 159 g/mol. The molecule has 0 radical (unpaired) electrons. The maximum Gasteiger partial charge on any atom is 0.302 e. The minimum absolute atomic E-state index is 0.121. The molecular weight excluding hydrogens is 146 g/mol. The maximum atomic E-state index is 10.4. The summed E-state index contributed by atoms with van der Waals surface area (Å²) < 4.78 is 4.75. The maximum absolute atomic E-state index is 10.4. The number of hydrogen-bond donors (Lipinski definition) is 1. The first-order valence-corrected chi connectivity index (χ1v) is 3.44. The third-order valence-corrected chi connectivity index (χ3v) is 1.01. The van der Waals surface area contributed by atoms with Gasteiger partial charge in [0.05, 0.1) is 6.54 Å². The van der Waals surface area contributed by atoms with E-state index in [1.54, 1.807) is 6.92 Å². The van der Waals surface area contributed by atoms with Gasteiger partial charge in [-0.25, -0.2) is 0 Å². The minimum atomic E-state index is -0.331. The number of carbonyl (C=O) groups excluding carboxylic acids is 2. The van der Waals surface area contributed by atoms with E-state index >= 15 is 0 Å². The summed E-state index contributed by atoms with van der Waals surface area (Å²) in [5.74, 6) is -0.452. The molecule has 0 aromatic heterocycles. The van der Waals surface area contributed by atoms with Crippen LogP contribution in [0.5, 0.6) is 0 Å². The summed E-state index contributed by atoms with van der Waals surface area (Å²) in [5.41, 5.74) is 0. The zero-order valence-electron chi connectivity index (χ0n) is 7.01. The van der Waals surface area contributed by atoms with Crippen molar-refractivity contribution in [2.24, 2.45) is 0 Å². The Bertz CT molecular complexity index is 156. The zero-order chi connectivity index (χ0) is 8.85. The Balaban J connectivity index is 3.44. The topological polar surface area (TPSA) is 55.4 Å². The summed E-state index contributed by atoms with van der Waals surface area (Å²) in [6.45, 7) is 4.84. The molecule has 0 rings (SSSR count). The fraction of sp³-hybridized carbons (Fsp3) is 0.714. The van der Waals surface area contributed by atoms with Crippen LogP contribution in [0.4, 0.5) is 0 Å². The van der Waals surface area contributed by atoms with Crippen molar-refractivity contribution in [3.05, 3.63) is 0 Å². The van der Waals surface area contributed by atoms with Crippen LogP contribution in [-0.2, 0) is 14.3 Å². The number of esters is 1. The molecule has 0 aromatic carbocycles. The Morgan fingerprint density at radius 3 is 2.36 bits per heavy atom. The zero-order valence-corrected chi connectivity index (χ0v) is 7.01. The highest BCUT2D eigenvalue weighted by Crippen LogP contribution is 1.88. The summed E-state index contributed by atoms with van der Waals surface area (Å²) in [5, 5.41) is 2.53. The number of nitrogens with one attached hydrogen (secondary N) is 1. The molecule has 11 heavy (non-hydrogen) atoms. The first-order chi connectivity index (χ1) is 5.02. The molecule has 0 heterocycles. The first-order valence-electron chi connectivity index (χ1n) is 3.44. The standard InChI is InChI=1S/C7H13NO3/c1-5(11-7(3)10)4-8-6(2)9/h5H,4H2,1-3H3,(H,8,9). The third kappa shape index (κ3) is 6.83. The lowest BCUT2D eigenvalue weighted by Crippen LogP contribution is -2.31. The van der Waals surface area contributed by atoms with E-state index in [-0.39, 0.29) is 18.0 Å². The molecule has 64 valence electrons. The molecule has 0 saturated carbocycles. The molecule has 0 saturated heterocycles. The molecule has 4 nitrogen and oxygen atoms in total. The van der Waals surface area contributed by atoms with E-state index in [9.17, 15) is 9.59 Å². The molecule has 4 heteroatoms. The number of hydrogen-bond acceptors (Lipinski definition) is 3. The second-order valence-corrected chi connectivity index (χ2v) is 2.36. The number of carbonyl (C=O) groups is 2. The molecule has 0 fully saturated rings. The van der Waals surface area contributed by atoms with Gasteiger partial charge in [0.15, 0.2) is 0 Å². The van der Waals surface area contributed by atoms with Crippen molar-refractivity contribution >= 4 is 11.9 Å². The van der Waals surface area contributed by atoms with Crippen LogP contribution in [-0.4, -0.2) is 24.5 Å². The summed E-state index contributed by atoms with van der Waals surface area (Å²) in [7, 11) is 0. The van der Waals surface area contributed by atoms with Gasteiger partial charge in [-0.3, -0.25) is 9.59 Å². The van der Waals surface area contributed by atoms with Crippen LogP contribution in [0.2, 0.25) is 0 Å². The van der Waals surface area contributed by atoms with E-state index in [0.29, 0.717) is 6.54 Å². The molecule has 0 aliphatic heterocycles. The SMILES string of the molecule is CC(=O)NCC(C)OC(C)=O. The molecule has 1 unspecified atom stereocenters. The van der Waals surface area contributed by atoms with E-state index in [1.807, 2.05) is 0 Å². The molecule has 0 aromatic rings. The Hall–Kier alpha value is -1.06. The van der Waals surface area contributed by atoms with Gasteiger partial charge in [0.1, 0.15) is 6.10 Å². The molecule has 1 atom stereocenters. The lowest BCUT2D eigenvalue weighted by molar-refractivity contribution is -0.145. The van der Waals surface area contributed by atoms with Crippen LogP contribution in [0.1, 0.15) is 20.8 Å². The van der Waals surface area contributed by atoms with Gasteiger partial charge < -0.3 is 10.1 Å². The largest absolute Gasteiger partial charge is 0.461 e. The number of amides is 1. The fourth-order valence-corrected chi connectivity index (χ4v) is 0.612. The van der Waals surface area contributed by atoms with Gasteiger partial charge in [0.25, 0.3) is 0 Å². The molecular formula is C7H13NO3. The highest BCUT2D eigenvalue weighted by atomic mass is 16.5. The summed E-state index contributed by atoms with van der Waals surface area (Å²) >= 11 is 0. The lowest BCUT2D eigenvalue weighted by Gasteiger charge is -2.11. The Kier molecular flexibility index (Phi) is 4.26. The van der Waals surface area contributed by atoms with Gasteiger partial charge in [-0.2, -0.15) is 0 Å². The fourth-order valence-electron chi connectivity index (χ4n) is 0.612. The Labute approximate surface area is 65.9 Å². The summed E-state index contributed by atoms with van der Waals surface area (Å²) in [6, 6.07) is 0. The van der Waals surface area contributed by atoms with Crippen LogP contribution < -0.4 is 5.32 Å². The highest BCUT2D eigenvalue weighted by Gasteiger charge is 2.04. The smallest absolute Gasteiger partial charge is 0.302 e. The Morgan fingerprint density at radius 2 is 2.00 bits per heavy atom. The summed E-state index contributed by atoms with van der Waals surface area (Å²) in [4.78, 5) is 20.7. The van der Waals surface area contributed by atoms with Crippen LogP contribution in [0.3, 0.4) is 0 Å². The Morgan fingerprint density at radius 1 is 1.45 bits per heavy atom. The van der Waals surface area contributed by atoms with Crippen molar-refractivity contribution in [1.29, 1.82) is 0 Å². The highest BCUT2D eigenvalue weighted by molar-refractivity contribution is 5.72. The quantitative estimate of drug-likeness (QED) is 0.593. The van der Waals surface area contributed by atoms with Crippen LogP contribution in [0.25, 0.3) is 0 Å². The van der Waals surface area contributed by atoms with Crippen molar-refractivity contribution in [1.82, 2.24) is 5.32 Å². The van der Waals surface area contributed by atoms with Crippen LogP contribution in [0.15, 0.2) is 0 Å². The van der Waals surface area contributed by atoms with Crippen molar-refractivity contribution < 1.29 is 14.3 Å². The van der Waals surface area contributed by atoms with Crippen LogP contribution in [0, 0.1) is 0 Å². The van der Waals surface area contributed by atoms with Crippen LogP contribution >= 0.6 is 0 Å². The molecule has 0 aliphatic carbocycles. The molecule has 0 spiro atoms. The lowest BCUT2D eigenvalue weighted by atomic mass is 10.4. The van der Waals surface area contributed by atoms with Crippen molar-refractivity contribution in [3.63, 3.8) is 0 Å². The molecule has 1 N–H and O–H groups in total. The monoisotopic (exact) mass is 159 g/mol. The predicted octanol–water partition coefficient (Wildman–Crippen LogP) is 0.0741. The first kappa shape index (κ1) is 9.94. The van der Waals surface area contributed by atoms with E-state index in [1.165, 1.54) is 13.8 Å². The second kappa shape index (κ2) is 4.71. The number of ether oxygens (including phenoxy) is 1. The van der Waals surface area contributed by atoms with E-state index in [0.717, 1.165) is 0 Å². The van der Waals surface area contributed by atoms with Crippen molar-refractivity contribution in [2.45, 2.75) is 26.9 Å².